The van der Waals surface area contributed by atoms with Crippen LogP contribution in [0.5, 0.6) is 0 Å². The number of Topliss-reactive ketones (excluding diaryl/α,β-unsaturated/α-hetero) is 1. The van der Waals surface area contributed by atoms with Crippen molar-refractivity contribution in [1.29, 1.82) is 0 Å². The minimum absolute atomic E-state index is 0.0515. The van der Waals surface area contributed by atoms with Crippen molar-refractivity contribution in [3.8, 4) is 0 Å². The summed E-state index contributed by atoms with van der Waals surface area (Å²) in [7, 11) is 0. The summed E-state index contributed by atoms with van der Waals surface area (Å²) in [5.41, 5.74) is 2.97. The number of benzene rings is 2. The molecule has 0 amide bonds. The topological polar surface area (TPSA) is 29.1 Å². The van der Waals surface area contributed by atoms with Gasteiger partial charge < -0.3 is 5.32 Å². The van der Waals surface area contributed by atoms with E-state index in [1.54, 1.807) is 18.2 Å². The zero-order valence-corrected chi connectivity index (χ0v) is 14.3. The molecule has 0 saturated carbocycles. The first kappa shape index (κ1) is 16.5. The minimum atomic E-state index is 0.0515. The SMILES string of the molecule is O=C(Cc1ccc([C@H]2CCCNC2)cc1)c1ccc(Cl)c(Cl)c1. The lowest BCUT2D eigenvalue weighted by molar-refractivity contribution is 0.0993. The summed E-state index contributed by atoms with van der Waals surface area (Å²) in [6.07, 6.45) is 2.83. The third-order valence-corrected chi connectivity index (χ3v) is 5.09. The molecule has 2 nitrogen and oxygen atoms in total. The van der Waals surface area contributed by atoms with Gasteiger partial charge in [-0.3, -0.25) is 4.79 Å². The largest absolute Gasteiger partial charge is 0.316 e. The maximum Gasteiger partial charge on any atom is 0.167 e. The van der Waals surface area contributed by atoms with Crippen LogP contribution >= 0.6 is 23.2 Å². The molecule has 0 aromatic heterocycles. The van der Waals surface area contributed by atoms with Crippen LogP contribution in [0.2, 0.25) is 10.0 Å². The zero-order valence-electron chi connectivity index (χ0n) is 12.8. The molecule has 2 aromatic carbocycles. The lowest BCUT2D eigenvalue weighted by atomic mass is 9.90. The lowest BCUT2D eigenvalue weighted by Gasteiger charge is -2.23. The van der Waals surface area contributed by atoms with Crippen LogP contribution in [-0.2, 0) is 6.42 Å². The molecule has 23 heavy (non-hydrogen) atoms. The van der Waals surface area contributed by atoms with E-state index in [9.17, 15) is 4.79 Å². The Morgan fingerprint density at radius 1 is 1.09 bits per heavy atom. The average molecular weight is 348 g/mol. The number of hydrogen-bond acceptors (Lipinski definition) is 2. The number of carbonyl (C=O) groups is 1. The molecule has 120 valence electrons. The van der Waals surface area contributed by atoms with Crippen molar-refractivity contribution < 1.29 is 4.79 Å². The summed E-state index contributed by atoms with van der Waals surface area (Å²) in [6, 6.07) is 13.4. The van der Waals surface area contributed by atoms with Gasteiger partial charge in [-0.15, -0.1) is 0 Å². The molecular weight excluding hydrogens is 329 g/mol. The molecule has 0 bridgehead atoms. The van der Waals surface area contributed by atoms with Crippen LogP contribution in [0.1, 0.15) is 40.2 Å². The van der Waals surface area contributed by atoms with Crippen molar-refractivity contribution in [2.24, 2.45) is 0 Å². The molecule has 0 unspecified atom stereocenters. The second-order valence-corrected chi connectivity index (χ2v) is 6.83. The Morgan fingerprint density at radius 3 is 2.52 bits per heavy atom. The van der Waals surface area contributed by atoms with E-state index in [-0.39, 0.29) is 5.78 Å². The Kier molecular flexibility index (Phi) is 5.37. The molecule has 0 radical (unpaired) electrons. The Morgan fingerprint density at radius 2 is 1.87 bits per heavy atom. The van der Waals surface area contributed by atoms with Gasteiger partial charge in [0, 0.05) is 18.5 Å². The number of hydrogen-bond donors (Lipinski definition) is 1. The normalized spacial score (nSPS) is 17.9. The Labute approximate surface area is 146 Å². The molecule has 1 heterocycles. The highest BCUT2D eigenvalue weighted by Gasteiger charge is 2.15. The lowest BCUT2D eigenvalue weighted by Crippen LogP contribution is -2.28. The van der Waals surface area contributed by atoms with Gasteiger partial charge in [-0.25, -0.2) is 0 Å². The molecule has 0 aliphatic carbocycles. The van der Waals surface area contributed by atoms with Crippen LogP contribution in [0, 0.1) is 0 Å². The molecule has 0 spiro atoms. The van der Waals surface area contributed by atoms with Crippen LogP contribution in [-0.4, -0.2) is 18.9 Å². The van der Waals surface area contributed by atoms with E-state index in [4.69, 9.17) is 23.2 Å². The highest BCUT2D eigenvalue weighted by Crippen LogP contribution is 2.25. The van der Waals surface area contributed by atoms with E-state index >= 15 is 0 Å². The summed E-state index contributed by atoms with van der Waals surface area (Å²) in [6.45, 7) is 2.16. The van der Waals surface area contributed by atoms with Crippen molar-refractivity contribution >= 4 is 29.0 Å². The molecule has 1 fully saturated rings. The summed E-state index contributed by atoms with van der Waals surface area (Å²) < 4.78 is 0. The first-order valence-corrected chi connectivity index (χ1v) is 8.67. The van der Waals surface area contributed by atoms with Crippen molar-refractivity contribution in [1.82, 2.24) is 5.32 Å². The van der Waals surface area contributed by atoms with Gasteiger partial charge in [0.25, 0.3) is 0 Å². The highest BCUT2D eigenvalue weighted by molar-refractivity contribution is 6.42. The molecule has 3 rings (SSSR count). The smallest absolute Gasteiger partial charge is 0.167 e. The van der Waals surface area contributed by atoms with Gasteiger partial charge in [-0.05, 0) is 54.6 Å². The van der Waals surface area contributed by atoms with E-state index in [1.807, 2.05) is 0 Å². The van der Waals surface area contributed by atoms with Crippen molar-refractivity contribution in [2.45, 2.75) is 25.2 Å². The Bertz CT molecular complexity index is 691. The summed E-state index contributed by atoms with van der Waals surface area (Å²) in [5.74, 6) is 0.638. The number of nitrogens with one attached hydrogen (secondary N) is 1. The number of piperidine rings is 1. The van der Waals surface area contributed by atoms with Gasteiger partial charge in [0.2, 0.25) is 0 Å². The van der Waals surface area contributed by atoms with E-state index in [2.05, 4.69) is 29.6 Å². The molecular formula is C19H19Cl2NO. The minimum Gasteiger partial charge on any atom is -0.316 e. The second-order valence-electron chi connectivity index (χ2n) is 6.01. The monoisotopic (exact) mass is 347 g/mol. The summed E-state index contributed by atoms with van der Waals surface area (Å²) in [5, 5.41) is 4.31. The zero-order chi connectivity index (χ0) is 16.2. The number of halogens is 2. The molecule has 1 aliphatic rings. The van der Waals surface area contributed by atoms with Gasteiger partial charge >= 0.3 is 0 Å². The standard InChI is InChI=1S/C19H19Cl2NO/c20-17-8-7-15(11-18(17)21)19(23)10-13-3-5-14(6-4-13)16-2-1-9-22-12-16/h3-8,11,16,22H,1-2,9-10,12H2/t16-/m0/s1. The maximum atomic E-state index is 12.4. The molecule has 4 heteroatoms. The van der Waals surface area contributed by atoms with Crippen LogP contribution in [0.25, 0.3) is 0 Å². The first-order valence-electron chi connectivity index (χ1n) is 7.91. The van der Waals surface area contributed by atoms with Crippen LogP contribution in [0.15, 0.2) is 42.5 Å². The summed E-state index contributed by atoms with van der Waals surface area (Å²) >= 11 is 11.9. The molecule has 1 atom stereocenters. The van der Waals surface area contributed by atoms with Gasteiger partial charge in [0.05, 0.1) is 10.0 Å². The first-order chi connectivity index (χ1) is 11.1. The van der Waals surface area contributed by atoms with E-state index < -0.39 is 0 Å². The maximum absolute atomic E-state index is 12.4. The van der Waals surface area contributed by atoms with Gasteiger partial charge in [0.1, 0.15) is 0 Å². The van der Waals surface area contributed by atoms with Crippen molar-refractivity contribution in [3.05, 3.63) is 69.2 Å². The van der Waals surface area contributed by atoms with Crippen LogP contribution in [0.3, 0.4) is 0 Å². The van der Waals surface area contributed by atoms with Gasteiger partial charge in [0.15, 0.2) is 5.78 Å². The van der Waals surface area contributed by atoms with Crippen LogP contribution in [0.4, 0.5) is 0 Å². The average Bonchev–Trinajstić information content (AvgIpc) is 2.59. The van der Waals surface area contributed by atoms with Gasteiger partial charge in [-0.2, -0.15) is 0 Å². The number of carbonyl (C=O) groups excluding carboxylic acids is 1. The number of ketones is 1. The Balaban J connectivity index is 1.67. The third-order valence-electron chi connectivity index (χ3n) is 4.35. The van der Waals surface area contributed by atoms with E-state index in [1.165, 1.54) is 18.4 Å². The molecule has 1 saturated heterocycles. The predicted molar refractivity (Wildman–Crippen MR) is 95.8 cm³/mol. The Hall–Kier alpha value is -1.35. The van der Waals surface area contributed by atoms with Gasteiger partial charge in [-0.1, -0.05) is 47.5 Å². The number of rotatable bonds is 4. The van der Waals surface area contributed by atoms with Crippen LogP contribution < -0.4 is 5.32 Å². The molecule has 1 N–H and O–H groups in total. The second kappa shape index (κ2) is 7.48. The fourth-order valence-electron chi connectivity index (χ4n) is 3.00. The fourth-order valence-corrected chi connectivity index (χ4v) is 3.30. The third kappa shape index (κ3) is 4.14. The summed E-state index contributed by atoms with van der Waals surface area (Å²) in [4.78, 5) is 12.4. The van der Waals surface area contributed by atoms with Crippen molar-refractivity contribution in [3.63, 3.8) is 0 Å². The van der Waals surface area contributed by atoms with E-state index in [0.29, 0.717) is 27.9 Å². The highest BCUT2D eigenvalue weighted by atomic mass is 35.5. The quantitative estimate of drug-likeness (QED) is 0.798. The molecule has 2 aromatic rings. The fraction of sp³-hybridized carbons (Fsp3) is 0.316. The van der Waals surface area contributed by atoms with E-state index in [0.717, 1.165) is 18.7 Å². The van der Waals surface area contributed by atoms with Crippen molar-refractivity contribution in [2.75, 3.05) is 13.1 Å². The predicted octanol–water partition coefficient (Wildman–Crippen LogP) is 4.89. The molecule has 1 aliphatic heterocycles.